The number of nitrogens with zero attached hydrogens (tertiary/aromatic N) is 2. The number of anilines is 1. The average Bonchev–Trinajstić information content (AvgIpc) is 2.79. The second kappa shape index (κ2) is 6.39. The Bertz CT molecular complexity index is 855. The first kappa shape index (κ1) is 18.4. The highest BCUT2D eigenvalue weighted by atomic mass is 16.2. The van der Waals surface area contributed by atoms with Crippen LogP contribution in [0.2, 0.25) is 0 Å². The predicted molar refractivity (Wildman–Crippen MR) is 109 cm³/mol. The number of carbonyl (C=O) groups excluding carboxylic acids is 1. The summed E-state index contributed by atoms with van der Waals surface area (Å²) >= 11 is 0. The maximum atomic E-state index is 13.1. The molecule has 2 aromatic carbocycles. The molecular formula is C23H28N2O. The van der Waals surface area contributed by atoms with Gasteiger partial charge in [-0.05, 0) is 50.8 Å². The van der Waals surface area contributed by atoms with E-state index in [-0.39, 0.29) is 16.9 Å². The zero-order valence-corrected chi connectivity index (χ0v) is 16.6. The van der Waals surface area contributed by atoms with Crippen LogP contribution in [0.4, 0.5) is 5.69 Å². The molecule has 0 radical (unpaired) electrons. The molecular weight excluding hydrogens is 320 g/mol. The van der Waals surface area contributed by atoms with E-state index in [4.69, 9.17) is 4.99 Å². The molecule has 1 heterocycles. The van der Waals surface area contributed by atoms with Gasteiger partial charge in [-0.3, -0.25) is 14.7 Å². The largest absolute Gasteiger partial charge is 0.268 e. The molecule has 1 aliphatic heterocycles. The maximum absolute atomic E-state index is 13.1. The van der Waals surface area contributed by atoms with E-state index in [0.29, 0.717) is 0 Å². The zero-order chi connectivity index (χ0) is 19.1. The Morgan fingerprint density at radius 1 is 0.885 bits per heavy atom. The Kier molecular flexibility index (Phi) is 4.51. The fourth-order valence-corrected chi connectivity index (χ4v) is 3.87. The zero-order valence-electron chi connectivity index (χ0n) is 16.6. The van der Waals surface area contributed by atoms with Crippen molar-refractivity contribution >= 4 is 17.4 Å². The topological polar surface area (TPSA) is 32.7 Å². The molecule has 0 bridgehead atoms. The molecule has 3 nitrogen and oxygen atoms in total. The molecule has 0 saturated carbocycles. The van der Waals surface area contributed by atoms with Crippen molar-refractivity contribution in [3.05, 3.63) is 65.2 Å². The van der Waals surface area contributed by atoms with Crippen LogP contribution in [0.1, 0.15) is 62.5 Å². The summed E-state index contributed by atoms with van der Waals surface area (Å²) < 4.78 is 0. The summed E-state index contributed by atoms with van der Waals surface area (Å²) in [5.74, 6) is 0.749. The third-order valence-corrected chi connectivity index (χ3v) is 4.48. The lowest BCUT2D eigenvalue weighted by molar-refractivity contribution is 0.101. The van der Waals surface area contributed by atoms with Crippen LogP contribution in [0.5, 0.6) is 0 Å². The van der Waals surface area contributed by atoms with Gasteiger partial charge in [0.2, 0.25) is 0 Å². The van der Waals surface area contributed by atoms with Gasteiger partial charge in [0, 0.05) is 5.56 Å². The first-order valence-electron chi connectivity index (χ1n) is 9.18. The van der Waals surface area contributed by atoms with Crippen molar-refractivity contribution in [2.75, 3.05) is 4.90 Å². The summed E-state index contributed by atoms with van der Waals surface area (Å²) in [6, 6.07) is 15.8. The molecule has 0 spiro atoms. The van der Waals surface area contributed by atoms with E-state index < -0.39 is 0 Å². The first-order valence-corrected chi connectivity index (χ1v) is 9.18. The molecule has 1 amide bonds. The summed E-state index contributed by atoms with van der Waals surface area (Å²) in [6.07, 6.45) is 0.932. The molecule has 0 N–H and O–H groups in total. The SMILES string of the molecule is Cc1ccc(N2C(=O)c3ccccc3C2=NC(C)(C)CC(C)(C)C)cc1. The number of rotatable bonds is 3. The summed E-state index contributed by atoms with van der Waals surface area (Å²) in [5.41, 5.74) is 3.56. The minimum Gasteiger partial charge on any atom is -0.268 e. The molecule has 136 valence electrons. The van der Waals surface area contributed by atoms with Crippen molar-refractivity contribution in [2.24, 2.45) is 10.4 Å². The molecule has 0 saturated heterocycles. The van der Waals surface area contributed by atoms with E-state index in [1.165, 1.54) is 5.56 Å². The molecule has 26 heavy (non-hydrogen) atoms. The quantitative estimate of drug-likeness (QED) is 0.709. The number of carbonyl (C=O) groups is 1. The summed E-state index contributed by atoms with van der Waals surface area (Å²) in [6.45, 7) is 13.0. The molecule has 2 aromatic rings. The second-order valence-corrected chi connectivity index (χ2v) is 9.01. The van der Waals surface area contributed by atoms with E-state index in [1.807, 2.05) is 55.5 Å². The van der Waals surface area contributed by atoms with Gasteiger partial charge in [-0.1, -0.05) is 56.7 Å². The van der Waals surface area contributed by atoms with Crippen LogP contribution in [0.3, 0.4) is 0 Å². The monoisotopic (exact) mass is 348 g/mol. The third-order valence-electron chi connectivity index (χ3n) is 4.48. The number of benzene rings is 2. The van der Waals surface area contributed by atoms with E-state index in [2.05, 4.69) is 34.6 Å². The Balaban J connectivity index is 2.13. The van der Waals surface area contributed by atoms with Gasteiger partial charge in [-0.15, -0.1) is 0 Å². The lowest BCUT2D eigenvalue weighted by Gasteiger charge is -2.30. The van der Waals surface area contributed by atoms with Gasteiger partial charge >= 0.3 is 0 Å². The van der Waals surface area contributed by atoms with Gasteiger partial charge in [0.05, 0.1) is 16.8 Å². The van der Waals surface area contributed by atoms with E-state index in [9.17, 15) is 4.79 Å². The molecule has 0 aliphatic carbocycles. The lowest BCUT2D eigenvalue weighted by atomic mass is 9.82. The minimum absolute atomic E-state index is 0.00485. The van der Waals surface area contributed by atoms with Crippen LogP contribution < -0.4 is 4.90 Å². The second-order valence-electron chi connectivity index (χ2n) is 9.01. The average molecular weight is 348 g/mol. The Labute approximate surface area is 156 Å². The number of hydrogen-bond donors (Lipinski definition) is 0. The fourth-order valence-electron chi connectivity index (χ4n) is 3.87. The highest BCUT2D eigenvalue weighted by molar-refractivity contribution is 6.36. The van der Waals surface area contributed by atoms with Crippen molar-refractivity contribution < 1.29 is 4.79 Å². The van der Waals surface area contributed by atoms with Gasteiger partial charge in [-0.25, -0.2) is 0 Å². The first-order chi connectivity index (χ1) is 12.1. The fraction of sp³-hybridized carbons (Fsp3) is 0.391. The lowest BCUT2D eigenvalue weighted by Crippen LogP contribution is -2.34. The molecule has 1 aliphatic rings. The van der Waals surface area contributed by atoms with Gasteiger partial charge in [-0.2, -0.15) is 0 Å². The molecule has 3 heteroatoms. The van der Waals surface area contributed by atoms with Crippen molar-refractivity contribution in [1.29, 1.82) is 0 Å². The smallest absolute Gasteiger partial charge is 0.264 e. The number of aryl methyl sites for hydroxylation is 1. The van der Waals surface area contributed by atoms with Gasteiger partial charge in [0.25, 0.3) is 5.91 Å². The molecule has 0 aromatic heterocycles. The molecule has 3 rings (SSSR count). The number of fused-ring (bicyclic) bond motifs is 1. The molecule has 0 atom stereocenters. The van der Waals surface area contributed by atoms with Gasteiger partial charge in [0.15, 0.2) is 0 Å². The Morgan fingerprint density at radius 2 is 1.46 bits per heavy atom. The van der Waals surface area contributed by atoms with Crippen molar-refractivity contribution in [3.8, 4) is 0 Å². The number of amidine groups is 1. The highest BCUT2D eigenvalue weighted by Crippen LogP contribution is 2.34. The van der Waals surface area contributed by atoms with Crippen LogP contribution in [-0.4, -0.2) is 17.3 Å². The Morgan fingerprint density at radius 3 is 2.04 bits per heavy atom. The van der Waals surface area contributed by atoms with Gasteiger partial charge in [0.1, 0.15) is 5.84 Å². The van der Waals surface area contributed by atoms with Crippen molar-refractivity contribution in [2.45, 2.75) is 53.5 Å². The van der Waals surface area contributed by atoms with E-state index in [1.54, 1.807) is 4.90 Å². The van der Waals surface area contributed by atoms with Crippen LogP contribution in [0.15, 0.2) is 53.5 Å². The summed E-state index contributed by atoms with van der Waals surface area (Å²) in [7, 11) is 0. The minimum atomic E-state index is -0.270. The normalized spacial score (nSPS) is 16.3. The third kappa shape index (κ3) is 3.72. The van der Waals surface area contributed by atoms with Crippen LogP contribution in [0, 0.1) is 12.3 Å². The number of hydrogen-bond acceptors (Lipinski definition) is 2. The van der Waals surface area contributed by atoms with Crippen molar-refractivity contribution in [1.82, 2.24) is 0 Å². The number of aliphatic imine (C=N–C) groups is 1. The maximum Gasteiger partial charge on any atom is 0.264 e. The van der Waals surface area contributed by atoms with Crippen LogP contribution >= 0.6 is 0 Å². The van der Waals surface area contributed by atoms with E-state index in [0.717, 1.165) is 29.1 Å². The molecule has 0 fully saturated rings. The highest BCUT2D eigenvalue weighted by Gasteiger charge is 2.36. The predicted octanol–water partition coefficient (Wildman–Crippen LogP) is 5.62. The van der Waals surface area contributed by atoms with Gasteiger partial charge < -0.3 is 0 Å². The van der Waals surface area contributed by atoms with Crippen LogP contribution in [-0.2, 0) is 0 Å². The standard InChI is InChI=1S/C23H28N2O/c1-16-11-13-17(14-12-16)25-20(24-23(5,6)15-22(2,3)4)18-9-7-8-10-19(18)21(25)26/h7-14H,15H2,1-6H3. The summed E-state index contributed by atoms with van der Waals surface area (Å²) in [4.78, 5) is 20.0. The molecule has 0 unspecified atom stereocenters. The summed E-state index contributed by atoms with van der Waals surface area (Å²) in [5, 5.41) is 0. The number of amides is 1. The van der Waals surface area contributed by atoms with Crippen LogP contribution in [0.25, 0.3) is 0 Å². The Hall–Kier alpha value is -2.42. The van der Waals surface area contributed by atoms with Crippen molar-refractivity contribution in [3.63, 3.8) is 0 Å². The van der Waals surface area contributed by atoms with E-state index >= 15 is 0 Å².